The number of nitrogens with zero attached hydrogens (tertiary/aromatic N) is 1. The minimum Gasteiger partial charge on any atom is -0.454 e. The van der Waals surface area contributed by atoms with Gasteiger partial charge in [-0.1, -0.05) is 18.2 Å². The smallest absolute Gasteiger partial charge is 0.341 e. The Hall–Kier alpha value is -2.33. The number of cyclic esters (lactones) is 1. The van der Waals surface area contributed by atoms with Gasteiger partial charge in [-0.15, -0.1) is 0 Å². The molecule has 1 aromatic carbocycles. The second-order valence-corrected chi connectivity index (χ2v) is 8.65. The van der Waals surface area contributed by atoms with Gasteiger partial charge in [-0.3, -0.25) is 0 Å². The predicted octanol–water partition coefficient (Wildman–Crippen LogP) is -3.56. The molecule has 9 atom stereocenters. The van der Waals surface area contributed by atoms with Crippen molar-refractivity contribution in [3.05, 3.63) is 36.0 Å². The van der Waals surface area contributed by atoms with E-state index < -0.39 is 73.8 Å². The fourth-order valence-electron chi connectivity index (χ4n) is 4.52. The zero-order valence-electron chi connectivity index (χ0n) is 18.7. The highest BCUT2D eigenvalue weighted by Gasteiger charge is 2.59. The molecule has 7 N–H and O–H groups in total. The van der Waals surface area contributed by atoms with Gasteiger partial charge in [0.2, 0.25) is 0 Å². The maximum absolute atomic E-state index is 12.7. The third-order valence-corrected chi connectivity index (χ3v) is 6.52. The van der Waals surface area contributed by atoms with Crippen LogP contribution in [0, 0.1) is 0 Å². The zero-order chi connectivity index (χ0) is 25.5. The summed E-state index contributed by atoms with van der Waals surface area (Å²) in [5.41, 5.74) is -1.25. The normalized spacial score (nSPS) is 36.3. The summed E-state index contributed by atoms with van der Waals surface area (Å²) in [6.45, 7) is -1.53. The lowest BCUT2D eigenvalue weighted by Crippen LogP contribution is -2.61. The minimum atomic E-state index is -2.40. The molecule has 3 heterocycles. The van der Waals surface area contributed by atoms with Crippen LogP contribution < -0.4 is 4.84 Å². The van der Waals surface area contributed by atoms with E-state index in [1.165, 1.54) is 11.8 Å². The van der Waals surface area contributed by atoms with Crippen LogP contribution in [0.1, 0.15) is 5.56 Å². The first-order valence-corrected chi connectivity index (χ1v) is 11.0. The van der Waals surface area contributed by atoms with E-state index in [0.29, 0.717) is 16.5 Å². The third kappa shape index (κ3) is 4.39. The van der Waals surface area contributed by atoms with Crippen LogP contribution in [0.5, 0.6) is 0 Å². The van der Waals surface area contributed by atoms with Crippen LogP contribution in [-0.4, -0.2) is 121 Å². The summed E-state index contributed by atoms with van der Waals surface area (Å²) in [7, 11) is 1.45. The summed E-state index contributed by atoms with van der Waals surface area (Å²) < 4.78 is 17.3. The molecule has 0 spiro atoms. The SMILES string of the molecule is COn1cc(CC2(O)C(=O)OC(C(CO)OC3OC(CO)C(O)C(O)C3O)C2O)c2ccccc21. The van der Waals surface area contributed by atoms with Gasteiger partial charge in [0.05, 0.1) is 18.7 Å². The number of aliphatic hydroxyl groups is 7. The molecule has 9 unspecified atom stereocenters. The van der Waals surface area contributed by atoms with Crippen molar-refractivity contribution < 1.29 is 59.6 Å². The topological polar surface area (TPSA) is 201 Å². The monoisotopic (exact) mass is 499 g/mol. The standard InChI is InChI=1S/C22H29NO12/c1-32-23-7-10(11-4-2-3-5-12(11)23)6-22(31)19(29)18(35-21(22)30)14(9-25)34-20-17(28)16(27)15(26)13(8-24)33-20/h2-5,7,13-20,24-29,31H,6,8-9H2,1H3. The molecule has 13 nitrogen and oxygen atoms in total. The molecule has 2 saturated heterocycles. The van der Waals surface area contributed by atoms with Gasteiger partial charge in [0.15, 0.2) is 18.0 Å². The maximum atomic E-state index is 12.7. The predicted molar refractivity (Wildman–Crippen MR) is 115 cm³/mol. The quantitative estimate of drug-likeness (QED) is 0.177. The molecule has 1 aromatic heterocycles. The van der Waals surface area contributed by atoms with E-state index in [4.69, 9.17) is 19.0 Å². The van der Waals surface area contributed by atoms with E-state index in [0.717, 1.165) is 0 Å². The van der Waals surface area contributed by atoms with Gasteiger partial charge in [0.1, 0.15) is 43.7 Å². The lowest BCUT2D eigenvalue weighted by Gasteiger charge is -2.41. The van der Waals surface area contributed by atoms with E-state index in [1.54, 1.807) is 30.5 Å². The molecule has 194 valence electrons. The molecule has 0 saturated carbocycles. The maximum Gasteiger partial charge on any atom is 0.341 e. The van der Waals surface area contributed by atoms with E-state index in [1.807, 2.05) is 0 Å². The minimum absolute atomic E-state index is 0.349. The highest BCUT2D eigenvalue weighted by atomic mass is 16.7. The van der Waals surface area contributed by atoms with Crippen molar-refractivity contribution in [3.8, 4) is 0 Å². The number of hydrogen-bond acceptors (Lipinski definition) is 12. The van der Waals surface area contributed by atoms with Gasteiger partial charge in [-0.05, 0) is 11.6 Å². The van der Waals surface area contributed by atoms with Crippen LogP contribution in [0.4, 0.5) is 0 Å². The Balaban J connectivity index is 1.55. The first-order valence-electron chi connectivity index (χ1n) is 11.0. The molecule has 0 aliphatic carbocycles. The number of aromatic nitrogens is 1. The number of carbonyl (C=O) groups excluding carboxylic acids is 1. The molecule has 2 aliphatic rings. The second-order valence-electron chi connectivity index (χ2n) is 8.65. The van der Waals surface area contributed by atoms with Crippen LogP contribution in [-0.2, 0) is 25.4 Å². The van der Waals surface area contributed by atoms with Crippen molar-refractivity contribution in [2.45, 2.75) is 61.0 Å². The molecule has 35 heavy (non-hydrogen) atoms. The molecule has 13 heteroatoms. The van der Waals surface area contributed by atoms with Crippen LogP contribution in [0.25, 0.3) is 10.9 Å². The number of hydrogen-bond donors (Lipinski definition) is 7. The van der Waals surface area contributed by atoms with Gasteiger partial charge in [-0.25, -0.2) is 4.79 Å². The number of esters is 1. The van der Waals surface area contributed by atoms with Gasteiger partial charge in [0.25, 0.3) is 0 Å². The van der Waals surface area contributed by atoms with Gasteiger partial charge >= 0.3 is 5.97 Å². The van der Waals surface area contributed by atoms with Crippen molar-refractivity contribution in [1.29, 1.82) is 0 Å². The number of fused-ring (bicyclic) bond motifs is 1. The number of para-hydroxylation sites is 1. The molecule has 2 aromatic rings. The lowest BCUT2D eigenvalue weighted by atomic mass is 9.87. The highest BCUT2D eigenvalue weighted by Crippen LogP contribution is 2.35. The van der Waals surface area contributed by atoms with Crippen molar-refractivity contribution in [2.75, 3.05) is 20.3 Å². The molecule has 0 radical (unpaired) electrons. The average Bonchev–Trinajstić information content (AvgIpc) is 3.32. The summed E-state index contributed by atoms with van der Waals surface area (Å²) in [5, 5.41) is 72.0. The first-order chi connectivity index (χ1) is 16.7. The Morgan fingerprint density at radius 2 is 1.83 bits per heavy atom. The van der Waals surface area contributed by atoms with Crippen LogP contribution >= 0.6 is 0 Å². The van der Waals surface area contributed by atoms with Gasteiger partial charge in [0, 0.05) is 18.0 Å². The third-order valence-electron chi connectivity index (χ3n) is 6.52. The molecule has 2 fully saturated rings. The number of benzene rings is 1. The Bertz CT molecular complexity index is 1040. The average molecular weight is 499 g/mol. The lowest BCUT2D eigenvalue weighted by molar-refractivity contribution is -0.320. The summed E-state index contributed by atoms with van der Waals surface area (Å²) in [5.74, 6) is -1.15. The first kappa shape index (κ1) is 25.8. The van der Waals surface area contributed by atoms with Crippen molar-refractivity contribution >= 4 is 16.9 Å². The van der Waals surface area contributed by atoms with Crippen molar-refractivity contribution in [1.82, 2.24) is 4.73 Å². The summed E-state index contributed by atoms with van der Waals surface area (Å²) in [4.78, 5) is 18.0. The fourth-order valence-corrected chi connectivity index (χ4v) is 4.52. The largest absolute Gasteiger partial charge is 0.454 e. The van der Waals surface area contributed by atoms with E-state index in [9.17, 15) is 40.5 Å². The molecular weight excluding hydrogens is 470 g/mol. The second kappa shape index (κ2) is 9.97. The molecular formula is C22H29NO12. The zero-order valence-corrected chi connectivity index (χ0v) is 18.7. The Kier molecular flexibility index (Phi) is 7.33. The van der Waals surface area contributed by atoms with Crippen molar-refractivity contribution in [3.63, 3.8) is 0 Å². The van der Waals surface area contributed by atoms with E-state index in [2.05, 4.69) is 0 Å². The summed E-state index contributed by atoms with van der Waals surface area (Å²) >= 11 is 0. The molecule has 0 bridgehead atoms. The molecule has 4 rings (SSSR count). The Morgan fingerprint density at radius 3 is 2.49 bits per heavy atom. The fraction of sp³-hybridized carbons (Fsp3) is 0.591. The Labute approximate surface area is 199 Å². The van der Waals surface area contributed by atoms with E-state index in [-0.39, 0.29) is 6.42 Å². The molecule has 0 amide bonds. The number of carbonyl (C=O) groups is 1. The van der Waals surface area contributed by atoms with Crippen molar-refractivity contribution in [2.24, 2.45) is 0 Å². The van der Waals surface area contributed by atoms with Gasteiger partial charge < -0.3 is 54.8 Å². The summed E-state index contributed by atoms with van der Waals surface area (Å²) in [6, 6.07) is 7.08. The van der Waals surface area contributed by atoms with Gasteiger partial charge in [-0.2, -0.15) is 4.73 Å². The number of ether oxygens (including phenoxy) is 3. The van der Waals surface area contributed by atoms with Crippen LogP contribution in [0.2, 0.25) is 0 Å². The Morgan fingerprint density at radius 1 is 1.11 bits per heavy atom. The molecule has 2 aliphatic heterocycles. The number of rotatable bonds is 8. The summed E-state index contributed by atoms with van der Waals surface area (Å²) in [6.07, 6.45) is -11.8. The van der Waals surface area contributed by atoms with Crippen LogP contribution in [0.15, 0.2) is 30.5 Å². The highest BCUT2D eigenvalue weighted by molar-refractivity contribution is 5.87. The number of aliphatic hydroxyl groups excluding tert-OH is 6. The van der Waals surface area contributed by atoms with Crippen LogP contribution in [0.3, 0.4) is 0 Å². The van der Waals surface area contributed by atoms with E-state index >= 15 is 0 Å².